The molecule has 0 atom stereocenters. The van der Waals surface area contributed by atoms with E-state index >= 15 is 0 Å². The first-order valence-electron chi connectivity index (χ1n) is 3.11. The quantitative estimate of drug-likeness (QED) is 0.423. The number of carbonyl (C=O) groups excluding carboxylic acids is 3. The first-order chi connectivity index (χ1) is 5.65. The standard InChI is InChI=1S/C6H6N2O3S/c9-4(7-12)3-8-5(10)1-2-6(8)11/h1-2,12H,3H2,(H,7,9). The van der Waals surface area contributed by atoms with Crippen LogP contribution in [0.4, 0.5) is 0 Å². The maximum Gasteiger partial charge on any atom is 0.254 e. The highest BCUT2D eigenvalue weighted by Gasteiger charge is 2.24. The summed E-state index contributed by atoms with van der Waals surface area (Å²) in [5.74, 6) is -1.45. The zero-order valence-corrected chi connectivity index (χ0v) is 6.88. The minimum Gasteiger partial charge on any atom is -0.301 e. The first-order valence-corrected chi connectivity index (χ1v) is 3.56. The molecule has 0 radical (unpaired) electrons. The summed E-state index contributed by atoms with van der Waals surface area (Å²) in [5.41, 5.74) is 0. The maximum absolute atomic E-state index is 10.8. The van der Waals surface area contributed by atoms with Crippen LogP contribution in [-0.2, 0) is 14.4 Å². The molecular formula is C6H6N2O3S. The highest BCUT2D eigenvalue weighted by atomic mass is 32.1. The minimum atomic E-state index is -0.497. The largest absolute Gasteiger partial charge is 0.301 e. The summed E-state index contributed by atoms with van der Waals surface area (Å²) < 4.78 is 2.01. The van der Waals surface area contributed by atoms with Gasteiger partial charge in [0.25, 0.3) is 11.8 Å². The van der Waals surface area contributed by atoms with Crippen LogP contribution in [0.3, 0.4) is 0 Å². The summed E-state index contributed by atoms with van der Waals surface area (Å²) in [5, 5.41) is 0. The molecule has 0 fully saturated rings. The molecule has 12 heavy (non-hydrogen) atoms. The normalized spacial score (nSPS) is 15.6. The Morgan fingerprint density at radius 1 is 1.42 bits per heavy atom. The highest BCUT2D eigenvalue weighted by molar-refractivity contribution is 7.78. The summed E-state index contributed by atoms with van der Waals surface area (Å²) in [6.07, 6.45) is 2.24. The average molecular weight is 186 g/mol. The van der Waals surface area contributed by atoms with Crippen LogP contribution in [0.5, 0.6) is 0 Å². The van der Waals surface area contributed by atoms with Gasteiger partial charge in [-0.05, 0) is 0 Å². The van der Waals surface area contributed by atoms with Gasteiger partial charge >= 0.3 is 0 Å². The molecule has 1 heterocycles. The van der Waals surface area contributed by atoms with E-state index in [2.05, 4.69) is 12.8 Å². The summed E-state index contributed by atoms with van der Waals surface area (Å²) in [6.45, 7) is -0.284. The van der Waals surface area contributed by atoms with Gasteiger partial charge in [-0.3, -0.25) is 19.3 Å². The van der Waals surface area contributed by atoms with Gasteiger partial charge in [0.05, 0.1) is 0 Å². The topological polar surface area (TPSA) is 66.5 Å². The molecule has 0 unspecified atom stereocenters. The number of thiol groups is 1. The molecule has 1 N–H and O–H groups in total. The number of imide groups is 1. The van der Waals surface area contributed by atoms with Gasteiger partial charge in [-0.1, -0.05) is 12.8 Å². The number of hydrogen-bond donors (Lipinski definition) is 2. The predicted octanol–water partition coefficient (Wildman–Crippen LogP) is -1.13. The lowest BCUT2D eigenvalue weighted by molar-refractivity contribution is -0.140. The van der Waals surface area contributed by atoms with Crippen molar-refractivity contribution >= 4 is 30.5 Å². The molecule has 3 amide bonds. The summed E-state index contributed by atoms with van der Waals surface area (Å²) >= 11 is 3.48. The monoisotopic (exact) mass is 186 g/mol. The van der Waals surface area contributed by atoms with E-state index in [1.165, 1.54) is 0 Å². The molecule has 0 aromatic heterocycles. The number of nitrogens with one attached hydrogen (secondary N) is 1. The van der Waals surface area contributed by atoms with E-state index in [-0.39, 0.29) is 6.54 Å². The van der Waals surface area contributed by atoms with E-state index in [0.717, 1.165) is 17.1 Å². The second kappa shape index (κ2) is 3.40. The van der Waals surface area contributed by atoms with Crippen LogP contribution >= 0.6 is 12.8 Å². The SMILES string of the molecule is O=C(CN1C(=O)C=CC1=O)NS. The van der Waals surface area contributed by atoms with Crippen LogP contribution in [0.2, 0.25) is 0 Å². The Balaban J connectivity index is 2.59. The maximum atomic E-state index is 10.8. The van der Waals surface area contributed by atoms with Crippen molar-refractivity contribution in [3.63, 3.8) is 0 Å². The van der Waals surface area contributed by atoms with E-state index in [0.29, 0.717) is 0 Å². The van der Waals surface area contributed by atoms with Crippen LogP contribution in [0, 0.1) is 0 Å². The molecule has 1 aliphatic rings. The molecule has 0 aromatic carbocycles. The van der Waals surface area contributed by atoms with E-state index in [9.17, 15) is 14.4 Å². The zero-order chi connectivity index (χ0) is 9.14. The molecule has 0 aliphatic carbocycles. The van der Waals surface area contributed by atoms with Gasteiger partial charge in [-0.25, -0.2) is 0 Å². The fourth-order valence-corrected chi connectivity index (χ4v) is 0.837. The van der Waals surface area contributed by atoms with Gasteiger partial charge < -0.3 is 4.72 Å². The van der Waals surface area contributed by atoms with Crippen molar-refractivity contribution < 1.29 is 14.4 Å². The van der Waals surface area contributed by atoms with Crippen LogP contribution in [0.15, 0.2) is 12.2 Å². The van der Waals surface area contributed by atoms with Crippen LogP contribution in [0.25, 0.3) is 0 Å². The van der Waals surface area contributed by atoms with E-state index in [1.807, 2.05) is 4.72 Å². The second-order valence-electron chi connectivity index (χ2n) is 2.13. The van der Waals surface area contributed by atoms with E-state index in [1.54, 1.807) is 0 Å². The third kappa shape index (κ3) is 1.65. The Bertz CT molecular complexity index is 256. The average Bonchev–Trinajstić information content (AvgIpc) is 2.35. The fourth-order valence-electron chi connectivity index (χ4n) is 0.766. The second-order valence-corrected chi connectivity index (χ2v) is 2.35. The number of nitrogens with zero attached hydrogens (tertiary/aromatic N) is 1. The molecular weight excluding hydrogens is 180 g/mol. The van der Waals surface area contributed by atoms with Crippen molar-refractivity contribution in [2.75, 3.05) is 6.54 Å². The molecule has 6 heteroatoms. The van der Waals surface area contributed by atoms with Gasteiger partial charge in [-0.2, -0.15) is 0 Å². The Labute approximate surface area is 74.0 Å². The van der Waals surface area contributed by atoms with Crippen molar-refractivity contribution in [1.82, 2.24) is 9.62 Å². The van der Waals surface area contributed by atoms with Crippen molar-refractivity contribution in [2.24, 2.45) is 0 Å². The van der Waals surface area contributed by atoms with E-state index < -0.39 is 17.7 Å². The Kier molecular flexibility index (Phi) is 2.49. The number of hydrogen-bond acceptors (Lipinski definition) is 4. The van der Waals surface area contributed by atoms with Crippen molar-refractivity contribution in [3.05, 3.63) is 12.2 Å². The lowest BCUT2D eigenvalue weighted by Gasteiger charge is -2.10. The Morgan fingerprint density at radius 2 is 1.92 bits per heavy atom. The molecule has 0 bridgehead atoms. The summed E-state index contributed by atoms with van der Waals surface area (Å²) in [6, 6.07) is 0. The third-order valence-corrected chi connectivity index (χ3v) is 1.58. The molecule has 5 nitrogen and oxygen atoms in total. The lowest BCUT2D eigenvalue weighted by Crippen LogP contribution is -2.38. The molecule has 0 spiro atoms. The summed E-state index contributed by atoms with van der Waals surface area (Å²) in [4.78, 5) is 33.2. The van der Waals surface area contributed by atoms with Crippen molar-refractivity contribution in [1.29, 1.82) is 0 Å². The van der Waals surface area contributed by atoms with Crippen molar-refractivity contribution in [2.45, 2.75) is 0 Å². The number of rotatable bonds is 2. The molecule has 1 aliphatic heterocycles. The minimum absolute atomic E-state index is 0.284. The van der Waals surface area contributed by atoms with Gasteiger partial charge in [0.1, 0.15) is 6.54 Å². The van der Waals surface area contributed by atoms with E-state index in [4.69, 9.17) is 0 Å². The Morgan fingerprint density at radius 3 is 2.33 bits per heavy atom. The van der Waals surface area contributed by atoms with Crippen molar-refractivity contribution in [3.8, 4) is 0 Å². The fraction of sp³-hybridized carbons (Fsp3) is 0.167. The van der Waals surface area contributed by atoms with Gasteiger partial charge in [0.2, 0.25) is 5.91 Å². The molecule has 0 saturated heterocycles. The molecule has 0 saturated carbocycles. The molecule has 64 valence electrons. The highest BCUT2D eigenvalue weighted by Crippen LogP contribution is 2.01. The number of carbonyl (C=O) groups is 3. The lowest BCUT2D eigenvalue weighted by atomic mass is 10.5. The van der Waals surface area contributed by atoms with Gasteiger partial charge in [0, 0.05) is 12.2 Å². The summed E-state index contributed by atoms with van der Waals surface area (Å²) in [7, 11) is 0. The third-order valence-electron chi connectivity index (χ3n) is 1.33. The van der Waals surface area contributed by atoms with Crippen LogP contribution in [0.1, 0.15) is 0 Å². The smallest absolute Gasteiger partial charge is 0.254 e. The van der Waals surface area contributed by atoms with Gasteiger partial charge in [0.15, 0.2) is 0 Å². The predicted molar refractivity (Wildman–Crippen MR) is 43.0 cm³/mol. The molecule has 1 rings (SSSR count). The van der Waals surface area contributed by atoms with Crippen LogP contribution < -0.4 is 4.72 Å². The first kappa shape index (κ1) is 8.79. The number of amides is 3. The Hall–Kier alpha value is -1.30. The van der Waals surface area contributed by atoms with Gasteiger partial charge in [-0.15, -0.1) is 0 Å². The zero-order valence-electron chi connectivity index (χ0n) is 5.98. The molecule has 0 aromatic rings. The van der Waals surface area contributed by atoms with Crippen LogP contribution in [-0.4, -0.2) is 29.2 Å².